The minimum atomic E-state index is -0.519. The van der Waals surface area contributed by atoms with Gasteiger partial charge in [0.05, 0.1) is 0 Å². The zero-order chi connectivity index (χ0) is 13.8. The average Bonchev–Trinajstić information content (AvgIpc) is 2.62. The molecule has 5 nitrogen and oxygen atoms in total. The summed E-state index contributed by atoms with van der Waals surface area (Å²) in [5.41, 5.74) is -0.519. The number of carbonyl (C=O) groups excluding carboxylic acids is 2. The maximum atomic E-state index is 11.8. The van der Waals surface area contributed by atoms with E-state index in [0.29, 0.717) is 0 Å². The highest BCUT2D eigenvalue weighted by Gasteiger charge is 2.34. The van der Waals surface area contributed by atoms with Crippen molar-refractivity contribution in [2.24, 2.45) is 5.92 Å². The van der Waals surface area contributed by atoms with Crippen LogP contribution < -0.4 is 5.32 Å². The first-order valence-electron chi connectivity index (χ1n) is 6.34. The molecule has 104 valence electrons. The number of ketones is 1. The molecule has 0 aliphatic heterocycles. The first-order valence-corrected chi connectivity index (χ1v) is 6.34. The van der Waals surface area contributed by atoms with E-state index in [0.717, 1.165) is 19.3 Å². The summed E-state index contributed by atoms with van der Waals surface area (Å²) in [6.07, 6.45) is 2.12. The number of nitrogens with one attached hydrogen (secondary N) is 1. The van der Waals surface area contributed by atoms with Crippen molar-refractivity contribution < 1.29 is 19.1 Å². The Morgan fingerprint density at radius 3 is 2.50 bits per heavy atom. The normalized spacial score (nSPS) is 23.8. The number of alkyl carbamates (subject to hydrolysis) is 1. The van der Waals surface area contributed by atoms with E-state index in [-0.39, 0.29) is 24.3 Å². The molecule has 0 aromatic carbocycles. The van der Waals surface area contributed by atoms with Crippen molar-refractivity contribution in [3.8, 4) is 0 Å². The number of amides is 1. The molecule has 5 heteroatoms. The lowest BCUT2D eigenvalue weighted by atomic mass is 9.99. The van der Waals surface area contributed by atoms with Crippen LogP contribution in [0.5, 0.6) is 0 Å². The highest BCUT2D eigenvalue weighted by Crippen LogP contribution is 2.26. The van der Waals surface area contributed by atoms with Gasteiger partial charge in [0.1, 0.15) is 12.2 Å². The van der Waals surface area contributed by atoms with Crippen LogP contribution in [-0.2, 0) is 14.3 Å². The zero-order valence-corrected chi connectivity index (χ0v) is 11.6. The van der Waals surface area contributed by atoms with Crippen molar-refractivity contribution in [3.05, 3.63) is 0 Å². The highest BCUT2D eigenvalue weighted by molar-refractivity contribution is 5.84. The number of Topliss-reactive ketones (excluding diaryl/α,β-unsaturated/α-hetero) is 1. The molecule has 0 spiro atoms. The largest absolute Gasteiger partial charge is 0.444 e. The SMILES string of the molecule is COCC(=O)C1CCCC1NC(=O)OC(C)(C)C. The third-order valence-corrected chi connectivity index (χ3v) is 2.92. The Kier molecular flexibility index (Phi) is 5.14. The van der Waals surface area contributed by atoms with E-state index in [2.05, 4.69) is 5.32 Å². The lowest BCUT2D eigenvalue weighted by Gasteiger charge is -2.24. The second-order valence-electron chi connectivity index (χ2n) is 5.69. The second-order valence-corrected chi connectivity index (χ2v) is 5.69. The summed E-state index contributed by atoms with van der Waals surface area (Å²) in [4.78, 5) is 23.5. The Bertz CT molecular complexity index is 309. The van der Waals surface area contributed by atoms with Crippen molar-refractivity contribution in [1.82, 2.24) is 5.32 Å². The van der Waals surface area contributed by atoms with E-state index in [1.165, 1.54) is 7.11 Å². The van der Waals surface area contributed by atoms with Gasteiger partial charge in [-0.1, -0.05) is 6.42 Å². The van der Waals surface area contributed by atoms with Gasteiger partial charge >= 0.3 is 6.09 Å². The molecule has 1 N–H and O–H groups in total. The predicted molar refractivity (Wildman–Crippen MR) is 67.4 cm³/mol. The van der Waals surface area contributed by atoms with Crippen molar-refractivity contribution in [3.63, 3.8) is 0 Å². The number of ether oxygens (including phenoxy) is 2. The fourth-order valence-corrected chi connectivity index (χ4v) is 2.23. The molecular formula is C13H23NO4. The Hall–Kier alpha value is -1.10. The van der Waals surface area contributed by atoms with Crippen LogP contribution in [0.4, 0.5) is 4.79 Å². The van der Waals surface area contributed by atoms with Gasteiger partial charge in [0.2, 0.25) is 0 Å². The summed E-state index contributed by atoms with van der Waals surface area (Å²) >= 11 is 0. The van der Waals surface area contributed by atoms with Gasteiger partial charge in [-0.05, 0) is 33.6 Å². The summed E-state index contributed by atoms with van der Waals surface area (Å²) < 4.78 is 10.1. The molecule has 0 aromatic rings. The van der Waals surface area contributed by atoms with E-state index in [9.17, 15) is 9.59 Å². The van der Waals surface area contributed by atoms with Crippen LogP contribution in [0.15, 0.2) is 0 Å². The molecule has 0 heterocycles. The molecule has 2 atom stereocenters. The monoisotopic (exact) mass is 257 g/mol. The van der Waals surface area contributed by atoms with Crippen LogP contribution in [0.1, 0.15) is 40.0 Å². The fraction of sp³-hybridized carbons (Fsp3) is 0.846. The molecule has 0 radical (unpaired) electrons. The maximum Gasteiger partial charge on any atom is 0.407 e. The standard InChI is InChI=1S/C13H23NO4/c1-13(2,3)18-12(16)14-10-7-5-6-9(10)11(15)8-17-4/h9-10H,5-8H2,1-4H3,(H,14,16). The number of hydrogen-bond donors (Lipinski definition) is 1. The number of hydrogen-bond acceptors (Lipinski definition) is 4. The first-order chi connectivity index (χ1) is 8.33. The predicted octanol–water partition coefficient (Wildman–Crippen LogP) is 1.90. The molecule has 0 saturated heterocycles. The van der Waals surface area contributed by atoms with E-state index < -0.39 is 11.7 Å². The van der Waals surface area contributed by atoms with Gasteiger partial charge in [0.15, 0.2) is 5.78 Å². The lowest BCUT2D eigenvalue weighted by molar-refractivity contribution is -0.126. The van der Waals surface area contributed by atoms with Crippen molar-refractivity contribution in [1.29, 1.82) is 0 Å². The molecule has 1 aliphatic rings. The molecule has 1 amide bonds. The number of methoxy groups -OCH3 is 1. The fourth-order valence-electron chi connectivity index (χ4n) is 2.23. The van der Waals surface area contributed by atoms with Gasteiger partial charge in [0.25, 0.3) is 0 Å². The van der Waals surface area contributed by atoms with E-state index in [1.54, 1.807) is 0 Å². The van der Waals surface area contributed by atoms with Crippen LogP contribution in [0.25, 0.3) is 0 Å². The van der Waals surface area contributed by atoms with Crippen molar-refractivity contribution >= 4 is 11.9 Å². The Morgan fingerprint density at radius 2 is 1.94 bits per heavy atom. The van der Waals surface area contributed by atoms with E-state index >= 15 is 0 Å². The summed E-state index contributed by atoms with van der Waals surface area (Å²) in [6.45, 7) is 5.55. The van der Waals surface area contributed by atoms with Gasteiger partial charge in [-0.25, -0.2) is 4.79 Å². The molecule has 18 heavy (non-hydrogen) atoms. The number of carbonyl (C=O) groups is 2. The van der Waals surface area contributed by atoms with E-state index in [4.69, 9.17) is 9.47 Å². The molecule has 1 fully saturated rings. The maximum absolute atomic E-state index is 11.8. The Balaban J connectivity index is 2.50. The first kappa shape index (κ1) is 15.0. The van der Waals surface area contributed by atoms with Crippen LogP contribution in [0.3, 0.4) is 0 Å². The van der Waals surface area contributed by atoms with Gasteiger partial charge in [0, 0.05) is 19.1 Å². The molecule has 1 rings (SSSR count). The van der Waals surface area contributed by atoms with Gasteiger partial charge in [-0.2, -0.15) is 0 Å². The molecule has 2 unspecified atom stereocenters. The Morgan fingerprint density at radius 1 is 1.28 bits per heavy atom. The van der Waals surface area contributed by atoms with Crippen molar-refractivity contribution in [2.45, 2.75) is 51.7 Å². The summed E-state index contributed by atoms with van der Waals surface area (Å²) in [6, 6.07) is -0.123. The molecule has 0 bridgehead atoms. The molecular weight excluding hydrogens is 234 g/mol. The van der Waals surface area contributed by atoms with Crippen LogP contribution >= 0.6 is 0 Å². The number of rotatable bonds is 4. The summed E-state index contributed by atoms with van der Waals surface area (Å²) in [5.74, 6) is -0.0893. The minimum Gasteiger partial charge on any atom is -0.444 e. The van der Waals surface area contributed by atoms with Crippen LogP contribution in [-0.4, -0.2) is 37.2 Å². The highest BCUT2D eigenvalue weighted by atomic mass is 16.6. The van der Waals surface area contributed by atoms with Crippen LogP contribution in [0.2, 0.25) is 0 Å². The van der Waals surface area contributed by atoms with Crippen molar-refractivity contribution in [2.75, 3.05) is 13.7 Å². The second kappa shape index (κ2) is 6.18. The zero-order valence-electron chi connectivity index (χ0n) is 11.6. The van der Waals surface area contributed by atoms with Gasteiger partial charge in [-0.3, -0.25) is 4.79 Å². The average molecular weight is 257 g/mol. The van der Waals surface area contributed by atoms with Gasteiger partial charge < -0.3 is 14.8 Å². The summed E-state index contributed by atoms with van der Waals surface area (Å²) in [5, 5.41) is 2.79. The van der Waals surface area contributed by atoms with E-state index in [1.807, 2.05) is 20.8 Å². The van der Waals surface area contributed by atoms with Gasteiger partial charge in [-0.15, -0.1) is 0 Å². The third-order valence-electron chi connectivity index (χ3n) is 2.92. The summed E-state index contributed by atoms with van der Waals surface area (Å²) in [7, 11) is 1.50. The smallest absolute Gasteiger partial charge is 0.407 e. The molecule has 1 saturated carbocycles. The third kappa shape index (κ3) is 4.64. The topological polar surface area (TPSA) is 64.6 Å². The minimum absolute atomic E-state index is 0.0519. The quantitative estimate of drug-likeness (QED) is 0.835. The van der Waals surface area contributed by atoms with Crippen LogP contribution in [0, 0.1) is 5.92 Å². The lowest BCUT2D eigenvalue weighted by Crippen LogP contribution is -2.43. The Labute approximate surface area is 108 Å². The molecule has 0 aromatic heterocycles. The molecule has 1 aliphatic carbocycles.